The van der Waals surface area contributed by atoms with Crippen molar-refractivity contribution in [1.82, 2.24) is 13.9 Å². The first-order valence-electron chi connectivity index (χ1n) is 6.41. The number of aromatic amines is 1. The van der Waals surface area contributed by atoms with Crippen LogP contribution in [0.4, 0.5) is 14.5 Å². The van der Waals surface area contributed by atoms with Gasteiger partial charge in [-0.05, 0) is 41.4 Å². The fourth-order valence-electron chi connectivity index (χ4n) is 1.87. The fraction of sp³-hybridized carbons (Fsp3) is 0.0714. The van der Waals surface area contributed by atoms with Gasteiger partial charge in [0.25, 0.3) is 0 Å². The Hall–Kier alpha value is -2.32. The van der Waals surface area contributed by atoms with Crippen LogP contribution in [0.2, 0.25) is 5.15 Å². The average Bonchev–Trinajstić information content (AvgIpc) is 2.86. The molecule has 0 aliphatic carbocycles. The number of halogens is 3. The summed E-state index contributed by atoms with van der Waals surface area (Å²) in [5, 5.41) is 0.334. The number of nitrogens with zero attached hydrogens (tertiary/aromatic N) is 3. The van der Waals surface area contributed by atoms with Gasteiger partial charge < -0.3 is 0 Å². The first kappa shape index (κ1) is 15.6. The third kappa shape index (κ3) is 3.54. The van der Waals surface area contributed by atoms with Crippen LogP contribution in [0.25, 0.3) is 0 Å². The van der Waals surface area contributed by atoms with Gasteiger partial charge in [0.2, 0.25) is 4.80 Å². The highest BCUT2D eigenvalue weighted by Crippen LogP contribution is 2.12. The minimum atomic E-state index is -0.963. The van der Waals surface area contributed by atoms with E-state index in [1.807, 2.05) is 0 Å². The van der Waals surface area contributed by atoms with Crippen LogP contribution in [-0.4, -0.2) is 13.9 Å². The molecule has 0 saturated carbocycles. The number of rotatable bonds is 3. The normalized spacial score (nSPS) is 11.9. The summed E-state index contributed by atoms with van der Waals surface area (Å²) < 4.78 is 30.1. The van der Waals surface area contributed by atoms with Crippen molar-refractivity contribution in [3.05, 3.63) is 74.2 Å². The number of hydrogen-bond acceptors (Lipinski definition) is 4. The lowest BCUT2D eigenvalue weighted by Crippen LogP contribution is -2.27. The van der Waals surface area contributed by atoms with E-state index in [-0.39, 0.29) is 12.2 Å². The zero-order chi connectivity index (χ0) is 16.4. The smallest absolute Gasteiger partial charge is 0.263 e. The second-order valence-corrected chi connectivity index (χ2v) is 5.74. The lowest BCUT2D eigenvalue weighted by molar-refractivity contribution is 0.506. The summed E-state index contributed by atoms with van der Waals surface area (Å²) in [6, 6.07) is 6.71. The summed E-state index contributed by atoms with van der Waals surface area (Å²) >= 11 is 6.74. The third-order valence-corrected chi connectivity index (χ3v) is 3.96. The van der Waals surface area contributed by atoms with Crippen molar-refractivity contribution in [2.75, 3.05) is 0 Å². The van der Waals surface area contributed by atoms with Crippen LogP contribution in [0.1, 0.15) is 5.56 Å². The van der Waals surface area contributed by atoms with E-state index in [9.17, 15) is 13.6 Å². The summed E-state index contributed by atoms with van der Waals surface area (Å²) in [6.45, 7) is 0.0654. The number of hydrogen-bond donors (Lipinski definition) is 1. The first-order valence-corrected chi connectivity index (χ1v) is 7.61. The van der Waals surface area contributed by atoms with Gasteiger partial charge >= 0.3 is 5.69 Å². The molecule has 0 bridgehead atoms. The summed E-state index contributed by atoms with van der Waals surface area (Å²) in [4.78, 5) is 20.5. The third-order valence-electron chi connectivity index (χ3n) is 2.97. The maximum Gasteiger partial charge on any atom is 0.337 e. The quantitative estimate of drug-likeness (QED) is 0.735. The Morgan fingerprint density at radius 2 is 2.09 bits per heavy atom. The zero-order valence-electron chi connectivity index (χ0n) is 11.5. The molecule has 1 N–H and O–H groups in total. The molecular formula is C14H9ClF2N4OS. The van der Waals surface area contributed by atoms with Gasteiger partial charge in [0.05, 0.1) is 18.4 Å². The minimum Gasteiger partial charge on any atom is -0.263 e. The molecule has 3 rings (SSSR count). The minimum absolute atomic E-state index is 0.0654. The Labute approximate surface area is 137 Å². The van der Waals surface area contributed by atoms with Gasteiger partial charge in [-0.2, -0.15) is 0 Å². The van der Waals surface area contributed by atoms with Crippen LogP contribution in [0.15, 0.2) is 46.3 Å². The van der Waals surface area contributed by atoms with Crippen LogP contribution in [0, 0.1) is 11.6 Å². The van der Waals surface area contributed by atoms with Crippen LogP contribution < -0.4 is 10.5 Å². The molecule has 5 nitrogen and oxygen atoms in total. The molecule has 0 fully saturated rings. The molecule has 3 aromatic rings. The molecule has 0 radical (unpaired) electrons. The maximum atomic E-state index is 13.3. The molecule has 2 aromatic heterocycles. The van der Waals surface area contributed by atoms with E-state index in [2.05, 4.69) is 14.3 Å². The van der Waals surface area contributed by atoms with Gasteiger partial charge in [-0.1, -0.05) is 17.7 Å². The summed E-state index contributed by atoms with van der Waals surface area (Å²) in [5.41, 5.74) is 0.576. The monoisotopic (exact) mass is 354 g/mol. The number of nitrogens with one attached hydrogen (secondary N) is 1. The molecular weight excluding hydrogens is 346 g/mol. The number of H-pyrrole nitrogens is 1. The Bertz CT molecular complexity index is 962. The first-order chi connectivity index (χ1) is 11.0. The van der Waals surface area contributed by atoms with E-state index < -0.39 is 11.6 Å². The Balaban J connectivity index is 2.00. The van der Waals surface area contributed by atoms with Crippen molar-refractivity contribution < 1.29 is 8.78 Å². The molecule has 0 spiro atoms. The predicted molar refractivity (Wildman–Crippen MR) is 82.9 cm³/mol. The number of benzene rings is 1. The van der Waals surface area contributed by atoms with Gasteiger partial charge in [0.1, 0.15) is 5.15 Å². The highest BCUT2D eigenvalue weighted by Gasteiger charge is 2.07. The van der Waals surface area contributed by atoms with Crippen LogP contribution in [0.5, 0.6) is 0 Å². The van der Waals surface area contributed by atoms with Crippen LogP contribution in [-0.2, 0) is 6.54 Å². The molecule has 118 valence electrons. The van der Waals surface area contributed by atoms with Gasteiger partial charge in [0, 0.05) is 0 Å². The van der Waals surface area contributed by atoms with Crippen molar-refractivity contribution in [2.45, 2.75) is 6.54 Å². The van der Waals surface area contributed by atoms with Gasteiger partial charge in [-0.15, -0.1) is 0 Å². The van der Waals surface area contributed by atoms with Gasteiger partial charge in [0.15, 0.2) is 11.6 Å². The van der Waals surface area contributed by atoms with Crippen molar-refractivity contribution in [2.24, 2.45) is 4.99 Å². The van der Waals surface area contributed by atoms with Gasteiger partial charge in [-0.25, -0.2) is 23.6 Å². The number of pyridine rings is 1. The molecule has 2 heterocycles. The molecule has 0 saturated heterocycles. The van der Waals surface area contributed by atoms with Crippen LogP contribution >= 0.6 is 23.1 Å². The largest absolute Gasteiger partial charge is 0.337 e. The Kier molecular flexibility index (Phi) is 4.35. The molecule has 0 amide bonds. The van der Waals surface area contributed by atoms with E-state index in [1.54, 1.807) is 12.1 Å². The second-order valence-electron chi connectivity index (χ2n) is 4.58. The molecule has 0 aliphatic heterocycles. The lowest BCUT2D eigenvalue weighted by Gasteiger charge is -2.02. The van der Waals surface area contributed by atoms with E-state index in [0.717, 1.165) is 23.7 Å². The number of aromatic nitrogens is 3. The van der Waals surface area contributed by atoms with Gasteiger partial charge in [-0.3, -0.25) is 8.94 Å². The standard InChI is InChI=1S/C14H9ClF2N4OS/c15-12-4-2-9(6-18-12)19-14-21(13(22)20-23-14)7-8-1-3-10(16)11(17)5-8/h1-6H,7H2,(H,20,22)/b19-14-. The summed E-state index contributed by atoms with van der Waals surface area (Å²) in [5.74, 6) is -1.90. The summed E-state index contributed by atoms with van der Waals surface area (Å²) in [6.07, 6.45) is 1.47. The van der Waals surface area contributed by atoms with Crippen LogP contribution in [0.3, 0.4) is 0 Å². The fourth-order valence-corrected chi connectivity index (χ4v) is 2.68. The lowest BCUT2D eigenvalue weighted by atomic mass is 10.2. The molecule has 0 atom stereocenters. The highest BCUT2D eigenvalue weighted by molar-refractivity contribution is 7.02. The Morgan fingerprint density at radius 1 is 1.26 bits per heavy atom. The van der Waals surface area contributed by atoms with Crippen molar-refractivity contribution in [3.8, 4) is 0 Å². The molecule has 0 aliphatic rings. The van der Waals surface area contributed by atoms with Crippen molar-refractivity contribution in [1.29, 1.82) is 0 Å². The zero-order valence-corrected chi connectivity index (χ0v) is 13.0. The topological polar surface area (TPSA) is 63.0 Å². The molecule has 23 heavy (non-hydrogen) atoms. The second kappa shape index (κ2) is 6.43. The van der Waals surface area contributed by atoms with Crippen molar-refractivity contribution in [3.63, 3.8) is 0 Å². The summed E-state index contributed by atoms with van der Waals surface area (Å²) in [7, 11) is 0. The maximum absolute atomic E-state index is 13.3. The van der Waals surface area contributed by atoms with E-state index in [4.69, 9.17) is 11.6 Å². The highest BCUT2D eigenvalue weighted by atomic mass is 35.5. The predicted octanol–water partition coefficient (Wildman–Crippen LogP) is 2.85. The Morgan fingerprint density at radius 3 is 2.78 bits per heavy atom. The molecule has 9 heteroatoms. The molecule has 0 unspecified atom stereocenters. The van der Waals surface area contributed by atoms with Crippen molar-refractivity contribution >= 4 is 28.8 Å². The SMILES string of the molecule is O=c1[nH]s/c(=N\c2ccc(Cl)nc2)n1Cc1ccc(F)c(F)c1. The average molecular weight is 355 g/mol. The van der Waals surface area contributed by atoms with E-state index >= 15 is 0 Å². The molecule has 1 aromatic carbocycles. The van der Waals surface area contributed by atoms with E-state index in [1.165, 1.54) is 16.8 Å². The van der Waals surface area contributed by atoms with E-state index in [0.29, 0.717) is 21.2 Å².